The molecule has 0 aromatic heterocycles. The van der Waals surface area contributed by atoms with E-state index in [1.54, 1.807) is 12.1 Å². The Bertz CT molecular complexity index is 381. The number of para-hydroxylation sites is 1. The summed E-state index contributed by atoms with van der Waals surface area (Å²) in [4.78, 5) is 13.8. The van der Waals surface area contributed by atoms with Crippen LogP contribution in [0.3, 0.4) is 0 Å². The number of amides is 1. The third kappa shape index (κ3) is 4.27. The maximum Gasteiger partial charge on any atom is 0.415 e. The molecule has 1 aromatic rings. The first-order chi connectivity index (χ1) is 8.66. The Morgan fingerprint density at radius 3 is 2.32 bits per heavy atom. The third-order valence-electron chi connectivity index (χ3n) is 3.69. The highest BCUT2D eigenvalue weighted by molar-refractivity contribution is 5.70. The second-order valence-corrected chi connectivity index (χ2v) is 5.25. The van der Waals surface area contributed by atoms with Crippen LogP contribution in [0, 0.1) is 11.8 Å². The lowest BCUT2D eigenvalue weighted by Gasteiger charge is -2.33. The first-order valence-electron chi connectivity index (χ1n) is 6.68. The van der Waals surface area contributed by atoms with Gasteiger partial charge in [0.1, 0.15) is 5.75 Å². The van der Waals surface area contributed by atoms with E-state index < -0.39 is 0 Å². The highest BCUT2D eigenvalue weighted by atomic mass is 16.6. The summed E-state index contributed by atoms with van der Waals surface area (Å²) in [5, 5.41) is 0. The average Bonchev–Trinajstić information content (AvgIpc) is 2.40. The van der Waals surface area contributed by atoms with Gasteiger partial charge in [-0.25, -0.2) is 4.79 Å². The lowest BCUT2D eigenvalue weighted by atomic mass is 9.87. The van der Waals surface area contributed by atoms with E-state index in [1.807, 2.05) is 23.1 Å². The molecule has 3 heteroatoms. The predicted molar refractivity (Wildman–Crippen MR) is 78.3 cm³/mol. The molecule has 1 heterocycles. The highest BCUT2D eigenvalue weighted by Crippen LogP contribution is 2.25. The summed E-state index contributed by atoms with van der Waals surface area (Å²) in [6.07, 6.45) is 1.95. The minimum Gasteiger partial charge on any atom is -0.410 e. The van der Waals surface area contributed by atoms with E-state index in [2.05, 4.69) is 13.8 Å². The molecule has 1 fully saturated rings. The molecule has 0 unspecified atom stereocenters. The van der Waals surface area contributed by atoms with Crippen LogP contribution in [0.5, 0.6) is 5.75 Å². The molecule has 0 saturated carbocycles. The van der Waals surface area contributed by atoms with Gasteiger partial charge in [0.15, 0.2) is 0 Å². The van der Waals surface area contributed by atoms with E-state index in [9.17, 15) is 4.79 Å². The number of likely N-dealkylation sites (tertiary alicyclic amines) is 1. The molecule has 1 saturated heterocycles. The summed E-state index contributed by atoms with van der Waals surface area (Å²) in [6.45, 7) is 6.13. The molecule has 0 atom stereocenters. The van der Waals surface area contributed by atoms with Crippen molar-refractivity contribution in [1.82, 2.24) is 4.90 Å². The van der Waals surface area contributed by atoms with Crippen LogP contribution in [-0.4, -0.2) is 24.1 Å². The smallest absolute Gasteiger partial charge is 0.410 e. The van der Waals surface area contributed by atoms with Crippen LogP contribution in [0.25, 0.3) is 0 Å². The summed E-state index contributed by atoms with van der Waals surface area (Å²) < 4.78 is 5.34. The predicted octanol–water partition coefficient (Wildman–Crippen LogP) is 4.19. The zero-order valence-electron chi connectivity index (χ0n) is 11.1. The van der Waals surface area contributed by atoms with E-state index in [0.717, 1.165) is 31.8 Å². The van der Waals surface area contributed by atoms with Gasteiger partial charge in [0.25, 0.3) is 0 Å². The molecule has 1 aliphatic rings. The van der Waals surface area contributed by atoms with E-state index in [0.29, 0.717) is 11.7 Å². The molecule has 0 radical (unpaired) electrons. The third-order valence-corrected chi connectivity index (χ3v) is 3.69. The Balaban J connectivity index is 0.00000180. The number of hydrogen-bond acceptors (Lipinski definition) is 2. The van der Waals surface area contributed by atoms with Crippen molar-refractivity contribution in [3.8, 4) is 5.75 Å². The molecule has 19 heavy (non-hydrogen) atoms. The lowest BCUT2D eigenvalue weighted by molar-refractivity contribution is 0.122. The van der Waals surface area contributed by atoms with Gasteiger partial charge in [-0.3, -0.25) is 0 Å². The maximum atomic E-state index is 11.9. The molecule has 0 N–H and O–H groups in total. The summed E-state index contributed by atoms with van der Waals surface area (Å²) >= 11 is 0. The van der Waals surface area contributed by atoms with E-state index in [1.165, 1.54) is 0 Å². The standard InChI is InChI=1S/C15H21NO2.CH4/c1-12(2)13-8-10-16(11-9-13)15(17)18-14-6-4-3-5-7-14;/h3-7,12-13H,8-11H2,1-2H3;1H4. The van der Waals surface area contributed by atoms with Crippen molar-refractivity contribution < 1.29 is 9.53 Å². The van der Waals surface area contributed by atoms with Gasteiger partial charge in [0, 0.05) is 13.1 Å². The van der Waals surface area contributed by atoms with Gasteiger partial charge in [-0.05, 0) is 36.8 Å². The van der Waals surface area contributed by atoms with Crippen LogP contribution < -0.4 is 4.74 Å². The van der Waals surface area contributed by atoms with Gasteiger partial charge in [-0.15, -0.1) is 0 Å². The summed E-state index contributed by atoms with van der Waals surface area (Å²) in [6, 6.07) is 9.25. The molecular weight excluding hydrogens is 238 g/mol. The fourth-order valence-electron chi connectivity index (χ4n) is 2.40. The number of carbonyl (C=O) groups excluding carboxylic acids is 1. The zero-order valence-corrected chi connectivity index (χ0v) is 11.1. The largest absolute Gasteiger partial charge is 0.415 e. The van der Waals surface area contributed by atoms with Crippen LogP contribution in [0.1, 0.15) is 34.1 Å². The number of piperidine rings is 1. The molecule has 0 aliphatic carbocycles. The van der Waals surface area contributed by atoms with Crippen LogP contribution in [-0.2, 0) is 0 Å². The van der Waals surface area contributed by atoms with Crippen molar-refractivity contribution in [3.63, 3.8) is 0 Å². The number of benzene rings is 1. The zero-order chi connectivity index (χ0) is 13.0. The van der Waals surface area contributed by atoms with Crippen molar-refractivity contribution in [2.75, 3.05) is 13.1 Å². The van der Waals surface area contributed by atoms with E-state index in [-0.39, 0.29) is 13.5 Å². The Morgan fingerprint density at radius 2 is 1.79 bits per heavy atom. The molecule has 1 aliphatic heterocycles. The minimum absolute atomic E-state index is 0. The highest BCUT2D eigenvalue weighted by Gasteiger charge is 2.25. The Morgan fingerprint density at radius 1 is 1.21 bits per heavy atom. The van der Waals surface area contributed by atoms with E-state index in [4.69, 9.17) is 4.74 Å². The van der Waals surface area contributed by atoms with Crippen LogP contribution in [0.2, 0.25) is 0 Å². The number of hydrogen-bond donors (Lipinski definition) is 0. The number of nitrogens with zero attached hydrogens (tertiary/aromatic N) is 1. The quantitative estimate of drug-likeness (QED) is 0.800. The van der Waals surface area contributed by atoms with Crippen LogP contribution >= 0.6 is 0 Å². The van der Waals surface area contributed by atoms with Gasteiger partial charge in [0.2, 0.25) is 0 Å². The summed E-state index contributed by atoms with van der Waals surface area (Å²) in [5.41, 5.74) is 0. The molecular formula is C16H25NO2. The summed E-state index contributed by atoms with van der Waals surface area (Å²) in [5.74, 6) is 2.07. The molecule has 2 rings (SSSR count). The molecule has 106 valence electrons. The summed E-state index contributed by atoms with van der Waals surface area (Å²) in [7, 11) is 0. The van der Waals surface area contributed by atoms with Gasteiger partial charge in [-0.2, -0.15) is 0 Å². The molecule has 0 spiro atoms. The van der Waals surface area contributed by atoms with Gasteiger partial charge < -0.3 is 9.64 Å². The van der Waals surface area contributed by atoms with Crippen molar-refractivity contribution in [2.45, 2.75) is 34.1 Å². The maximum absolute atomic E-state index is 11.9. The van der Waals surface area contributed by atoms with Crippen LogP contribution in [0.15, 0.2) is 30.3 Å². The first kappa shape index (κ1) is 15.5. The topological polar surface area (TPSA) is 29.5 Å². The first-order valence-corrected chi connectivity index (χ1v) is 6.68. The van der Waals surface area contributed by atoms with Crippen molar-refractivity contribution in [3.05, 3.63) is 30.3 Å². The van der Waals surface area contributed by atoms with Crippen LogP contribution in [0.4, 0.5) is 4.79 Å². The van der Waals surface area contributed by atoms with Crippen molar-refractivity contribution in [2.24, 2.45) is 11.8 Å². The fourth-order valence-corrected chi connectivity index (χ4v) is 2.40. The molecule has 3 nitrogen and oxygen atoms in total. The second kappa shape index (κ2) is 7.17. The Hall–Kier alpha value is -1.51. The van der Waals surface area contributed by atoms with Crippen molar-refractivity contribution >= 4 is 6.09 Å². The second-order valence-electron chi connectivity index (χ2n) is 5.25. The molecule has 0 bridgehead atoms. The lowest BCUT2D eigenvalue weighted by Crippen LogP contribution is -2.41. The SMILES string of the molecule is C.CC(C)C1CCN(C(=O)Oc2ccccc2)CC1. The number of ether oxygens (including phenoxy) is 1. The monoisotopic (exact) mass is 263 g/mol. The molecule has 1 amide bonds. The average molecular weight is 263 g/mol. The van der Waals surface area contributed by atoms with Gasteiger partial charge >= 0.3 is 6.09 Å². The van der Waals surface area contributed by atoms with E-state index >= 15 is 0 Å². The normalized spacial score (nSPS) is 16.1. The fraction of sp³-hybridized carbons (Fsp3) is 0.562. The van der Waals surface area contributed by atoms with Gasteiger partial charge in [-0.1, -0.05) is 39.5 Å². The molecule has 1 aromatic carbocycles. The Labute approximate surface area is 116 Å². The van der Waals surface area contributed by atoms with Crippen molar-refractivity contribution in [1.29, 1.82) is 0 Å². The van der Waals surface area contributed by atoms with Gasteiger partial charge in [0.05, 0.1) is 0 Å². The minimum atomic E-state index is -0.219. The number of rotatable bonds is 2. The number of carbonyl (C=O) groups is 1. The Kier molecular flexibility index (Phi) is 5.87.